The van der Waals surface area contributed by atoms with Crippen molar-refractivity contribution in [3.8, 4) is 0 Å². The molecular formula is C10H19ClO4. The molecule has 0 aromatic carbocycles. The van der Waals surface area contributed by atoms with Gasteiger partial charge in [-0.3, -0.25) is 0 Å². The molecule has 1 aliphatic heterocycles. The molecule has 0 spiro atoms. The van der Waals surface area contributed by atoms with Crippen molar-refractivity contribution < 1.29 is 20.1 Å². The number of alkyl halides is 1. The van der Waals surface area contributed by atoms with E-state index in [9.17, 15) is 15.3 Å². The van der Waals surface area contributed by atoms with Crippen molar-refractivity contribution >= 4 is 11.6 Å². The van der Waals surface area contributed by atoms with Gasteiger partial charge in [0.05, 0.1) is 12.0 Å². The first kappa shape index (κ1) is 13.2. The fourth-order valence-electron chi connectivity index (χ4n) is 1.79. The second-order valence-corrected chi connectivity index (χ2v) is 5.40. The first-order valence-electron chi connectivity index (χ1n) is 5.04. The number of rotatable bonds is 1. The zero-order chi connectivity index (χ0) is 11.8. The summed E-state index contributed by atoms with van der Waals surface area (Å²) in [6.45, 7) is 5.70. The molecule has 90 valence electrons. The minimum Gasteiger partial charge on any atom is -0.388 e. The van der Waals surface area contributed by atoms with E-state index in [4.69, 9.17) is 16.3 Å². The summed E-state index contributed by atoms with van der Waals surface area (Å²) in [4.78, 5) is 0. The van der Waals surface area contributed by atoms with Crippen LogP contribution >= 0.6 is 11.6 Å². The van der Waals surface area contributed by atoms with Gasteiger partial charge in [-0.2, -0.15) is 0 Å². The standard InChI is InChI=1S/C10H19ClO4/c1-10(2,3)9-8(14)7(13)6(12)5(4-11)15-9/h5-9,12-14H,4H2,1-3H3/t5?,6-,7-,8?,9?/m0/s1. The Morgan fingerprint density at radius 2 is 1.60 bits per heavy atom. The van der Waals surface area contributed by atoms with E-state index in [0.29, 0.717) is 0 Å². The summed E-state index contributed by atoms with van der Waals surface area (Å²) in [6.07, 6.45) is -4.57. The van der Waals surface area contributed by atoms with Gasteiger partial charge in [0.25, 0.3) is 0 Å². The van der Waals surface area contributed by atoms with E-state index in [1.165, 1.54) is 0 Å². The number of aliphatic hydroxyl groups excluding tert-OH is 3. The molecule has 15 heavy (non-hydrogen) atoms. The Morgan fingerprint density at radius 3 is 2.00 bits per heavy atom. The lowest BCUT2D eigenvalue weighted by molar-refractivity contribution is -0.238. The molecule has 0 bridgehead atoms. The van der Waals surface area contributed by atoms with Crippen molar-refractivity contribution in [1.82, 2.24) is 0 Å². The van der Waals surface area contributed by atoms with E-state index in [1.807, 2.05) is 20.8 Å². The highest BCUT2D eigenvalue weighted by Crippen LogP contribution is 2.33. The van der Waals surface area contributed by atoms with Crippen LogP contribution in [0.4, 0.5) is 0 Å². The van der Waals surface area contributed by atoms with Gasteiger partial charge in [-0.25, -0.2) is 0 Å². The first-order chi connectivity index (χ1) is 6.79. The summed E-state index contributed by atoms with van der Waals surface area (Å²) in [5, 5.41) is 29.0. The molecule has 0 saturated carbocycles. The van der Waals surface area contributed by atoms with Crippen LogP contribution in [0.25, 0.3) is 0 Å². The van der Waals surface area contributed by atoms with Gasteiger partial charge >= 0.3 is 0 Å². The van der Waals surface area contributed by atoms with Crippen LogP contribution in [0.1, 0.15) is 20.8 Å². The Kier molecular flexibility index (Phi) is 4.01. The summed E-state index contributed by atoms with van der Waals surface area (Å²) in [5.41, 5.74) is -0.315. The van der Waals surface area contributed by atoms with E-state index in [0.717, 1.165) is 0 Å². The molecule has 0 aliphatic carbocycles. The van der Waals surface area contributed by atoms with Crippen LogP contribution < -0.4 is 0 Å². The lowest BCUT2D eigenvalue weighted by Crippen LogP contribution is -2.61. The van der Waals surface area contributed by atoms with Crippen LogP contribution in [0.2, 0.25) is 0 Å². The summed E-state index contributed by atoms with van der Waals surface area (Å²) in [7, 11) is 0. The fourth-order valence-corrected chi connectivity index (χ4v) is 2.05. The predicted octanol–water partition coefficient (Wildman–Crippen LogP) is 0.121. The summed E-state index contributed by atoms with van der Waals surface area (Å²) < 4.78 is 5.50. The predicted molar refractivity (Wildman–Crippen MR) is 56.9 cm³/mol. The van der Waals surface area contributed by atoms with Crippen LogP contribution in [-0.2, 0) is 4.74 Å². The molecule has 3 N–H and O–H groups in total. The lowest BCUT2D eigenvalue weighted by Gasteiger charge is -2.45. The highest BCUT2D eigenvalue weighted by atomic mass is 35.5. The molecule has 1 heterocycles. The van der Waals surface area contributed by atoms with Crippen molar-refractivity contribution in [2.24, 2.45) is 5.41 Å². The van der Waals surface area contributed by atoms with Gasteiger partial charge in [-0.05, 0) is 5.41 Å². The first-order valence-corrected chi connectivity index (χ1v) is 5.58. The van der Waals surface area contributed by atoms with Gasteiger partial charge in [0, 0.05) is 0 Å². The lowest BCUT2D eigenvalue weighted by atomic mass is 9.80. The summed E-state index contributed by atoms with van der Waals surface area (Å²) >= 11 is 5.63. The highest BCUT2D eigenvalue weighted by Gasteiger charge is 2.47. The monoisotopic (exact) mass is 238 g/mol. The number of ether oxygens (including phenoxy) is 1. The molecule has 1 rings (SSSR count). The van der Waals surface area contributed by atoms with Crippen LogP contribution in [0, 0.1) is 5.41 Å². The van der Waals surface area contributed by atoms with E-state index in [1.54, 1.807) is 0 Å². The number of hydrogen-bond acceptors (Lipinski definition) is 4. The fraction of sp³-hybridized carbons (Fsp3) is 1.00. The normalized spacial score (nSPS) is 43.0. The zero-order valence-corrected chi connectivity index (χ0v) is 9.98. The Bertz CT molecular complexity index is 214. The third kappa shape index (κ3) is 2.63. The molecular weight excluding hydrogens is 220 g/mol. The SMILES string of the molecule is CC(C)(C)C1OC(CCl)[C@H](O)[C@H](O)C1O. The average molecular weight is 239 g/mol. The number of aliphatic hydroxyl groups is 3. The van der Waals surface area contributed by atoms with Gasteiger partial charge in [0.15, 0.2) is 0 Å². The van der Waals surface area contributed by atoms with E-state index in [-0.39, 0.29) is 11.3 Å². The summed E-state index contributed by atoms with van der Waals surface area (Å²) in [5.74, 6) is 0.0948. The highest BCUT2D eigenvalue weighted by molar-refractivity contribution is 6.18. The largest absolute Gasteiger partial charge is 0.388 e. The Hall–Kier alpha value is 0.130. The van der Waals surface area contributed by atoms with Gasteiger partial charge < -0.3 is 20.1 Å². The van der Waals surface area contributed by atoms with E-state index in [2.05, 4.69) is 0 Å². The Balaban J connectivity index is 2.83. The van der Waals surface area contributed by atoms with Crippen molar-refractivity contribution in [3.05, 3.63) is 0 Å². The van der Waals surface area contributed by atoms with Gasteiger partial charge in [0.2, 0.25) is 0 Å². The minimum atomic E-state index is -1.20. The molecule has 0 radical (unpaired) electrons. The van der Waals surface area contributed by atoms with Crippen LogP contribution in [0.3, 0.4) is 0 Å². The van der Waals surface area contributed by atoms with Crippen LogP contribution in [0.5, 0.6) is 0 Å². The molecule has 4 nitrogen and oxygen atoms in total. The third-order valence-corrected chi connectivity index (χ3v) is 3.02. The van der Waals surface area contributed by atoms with Crippen molar-refractivity contribution in [3.63, 3.8) is 0 Å². The molecule has 1 fully saturated rings. The molecule has 0 amide bonds. The quantitative estimate of drug-likeness (QED) is 0.568. The average Bonchev–Trinajstić information content (AvgIpc) is 2.13. The maximum Gasteiger partial charge on any atom is 0.111 e. The van der Waals surface area contributed by atoms with Gasteiger partial charge in [0.1, 0.15) is 24.4 Å². The second-order valence-electron chi connectivity index (χ2n) is 5.09. The van der Waals surface area contributed by atoms with E-state index < -0.39 is 30.5 Å². The molecule has 0 aromatic heterocycles. The van der Waals surface area contributed by atoms with Gasteiger partial charge in [-0.1, -0.05) is 20.8 Å². The molecule has 3 unspecified atom stereocenters. The smallest absolute Gasteiger partial charge is 0.111 e. The second kappa shape index (κ2) is 4.55. The van der Waals surface area contributed by atoms with Crippen LogP contribution in [0.15, 0.2) is 0 Å². The third-order valence-electron chi connectivity index (χ3n) is 2.72. The minimum absolute atomic E-state index is 0.0948. The molecule has 1 saturated heterocycles. The van der Waals surface area contributed by atoms with Crippen molar-refractivity contribution in [1.29, 1.82) is 0 Å². The molecule has 5 heteroatoms. The maximum absolute atomic E-state index is 9.78. The number of halogens is 1. The zero-order valence-electron chi connectivity index (χ0n) is 9.22. The topological polar surface area (TPSA) is 69.9 Å². The summed E-state index contributed by atoms with van der Waals surface area (Å²) in [6, 6.07) is 0. The van der Waals surface area contributed by atoms with Gasteiger partial charge in [-0.15, -0.1) is 11.6 Å². The maximum atomic E-state index is 9.78. The van der Waals surface area contributed by atoms with Crippen molar-refractivity contribution in [2.45, 2.75) is 51.3 Å². The number of hydrogen-bond donors (Lipinski definition) is 3. The van der Waals surface area contributed by atoms with Crippen molar-refractivity contribution in [2.75, 3.05) is 5.88 Å². The van der Waals surface area contributed by atoms with Crippen LogP contribution in [-0.4, -0.2) is 51.7 Å². The Morgan fingerprint density at radius 1 is 1.07 bits per heavy atom. The van der Waals surface area contributed by atoms with E-state index >= 15 is 0 Å². The molecule has 5 atom stereocenters. The molecule has 0 aromatic rings. The Labute approximate surface area is 94.8 Å². The molecule has 1 aliphatic rings.